The van der Waals surface area contributed by atoms with Crippen molar-refractivity contribution in [2.75, 3.05) is 44.4 Å². The van der Waals surface area contributed by atoms with E-state index in [1.54, 1.807) is 49.6 Å². The number of anilines is 1. The van der Waals surface area contributed by atoms with Gasteiger partial charge in [-0.05, 0) is 55.4 Å². The van der Waals surface area contributed by atoms with E-state index < -0.39 is 42.1 Å². The minimum absolute atomic E-state index is 0.0697. The van der Waals surface area contributed by atoms with Gasteiger partial charge < -0.3 is 41.3 Å². The van der Waals surface area contributed by atoms with Crippen molar-refractivity contribution in [1.29, 1.82) is 0 Å². The third-order valence-electron chi connectivity index (χ3n) is 9.98. The fourth-order valence-electron chi connectivity index (χ4n) is 6.89. The summed E-state index contributed by atoms with van der Waals surface area (Å²) in [5, 5.41) is 21.9. The molecule has 3 aromatic carbocycles. The van der Waals surface area contributed by atoms with Crippen LogP contribution in [0.2, 0.25) is 0 Å². The quantitative estimate of drug-likeness (QED) is 0.0565. The van der Waals surface area contributed by atoms with Crippen LogP contribution < -0.4 is 31.3 Å². The molecule has 5 rings (SSSR count). The number of carboxylic acid groups (broad SMARTS) is 1. The summed E-state index contributed by atoms with van der Waals surface area (Å²) in [6, 6.07) is 17.2. The van der Waals surface area contributed by atoms with E-state index in [9.17, 15) is 41.9 Å². The first-order valence-electron chi connectivity index (χ1n) is 19.9. The van der Waals surface area contributed by atoms with Crippen LogP contribution in [0.1, 0.15) is 76.9 Å². The number of carboxylic acids is 1. The second-order valence-electron chi connectivity index (χ2n) is 14.9. The highest BCUT2D eigenvalue weighted by Gasteiger charge is 2.39. The Kier molecular flexibility index (Phi) is 17.9. The summed E-state index contributed by atoms with van der Waals surface area (Å²) in [5.74, 6) is -3.66. The fourth-order valence-corrected chi connectivity index (χ4v) is 7.18. The highest BCUT2D eigenvalue weighted by Crippen LogP contribution is 2.32. The minimum atomic E-state index is -5.08. The van der Waals surface area contributed by atoms with E-state index in [-0.39, 0.29) is 41.6 Å². The molecule has 0 aromatic heterocycles. The molecule has 334 valence electrons. The Balaban J connectivity index is 0.00000111. The number of likely N-dealkylation sites (tertiary alicyclic amines) is 1. The van der Waals surface area contributed by atoms with E-state index in [4.69, 9.17) is 14.6 Å². The van der Waals surface area contributed by atoms with Crippen molar-refractivity contribution in [2.24, 2.45) is 5.92 Å². The normalized spacial score (nSPS) is 15.3. The zero-order valence-corrected chi connectivity index (χ0v) is 35.4. The Morgan fingerprint density at radius 2 is 1.53 bits per heavy atom. The molecular weight excluding hydrogens is 834 g/mol. The molecule has 6 N–H and O–H groups in total. The summed E-state index contributed by atoms with van der Waals surface area (Å²) in [4.78, 5) is 89.8. The lowest BCUT2D eigenvalue weighted by Gasteiger charge is -2.29. The van der Waals surface area contributed by atoms with Crippen molar-refractivity contribution in [1.82, 2.24) is 26.2 Å². The van der Waals surface area contributed by atoms with Gasteiger partial charge in [-0.1, -0.05) is 62.4 Å². The Bertz CT molecular complexity index is 2100. The number of fused-ring (bicyclic) bond motifs is 2. The van der Waals surface area contributed by atoms with Gasteiger partial charge in [0.1, 0.15) is 17.8 Å². The van der Waals surface area contributed by atoms with Gasteiger partial charge in [0.25, 0.3) is 0 Å². The van der Waals surface area contributed by atoms with E-state index >= 15 is 0 Å². The lowest BCUT2D eigenvalue weighted by atomic mass is 9.83. The van der Waals surface area contributed by atoms with Gasteiger partial charge in [0.05, 0.1) is 25.3 Å². The first kappa shape index (κ1) is 48.7. The number of halogens is 3. The van der Waals surface area contributed by atoms with Gasteiger partial charge >= 0.3 is 12.1 Å². The Hall–Kier alpha value is -5.95. The Morgan fingerprint density at radius 1 is 0.887 bits per heavy atom. The van der Waals surface area contributed by atoms with Crippen LogP contribution in [0.15, 0.2) is 66.7 Å². The number of rotatable bonds is 18. The van der Waals surface area contributed by atoms with Crippen LogP contribution in [0.3, 0.4) is 0 Å². The first-order chi connectivity index (χ1) is 29.5. The van der Waals surface area contributed by atoms with Gasteiger partial charge in [-0.2, -0.15) is 25.8 Å². The number of benzene rings is 3. The van der Waals surface area contributed by atoms with Crippen molar-refractivity contribution < 1.29 is 56.6 Å². The molecule has 2 aliphatic rings. The average Bonchev–Trinajstić information content (AvgIpc) is 3.75. The van der Waals surface area contributed by atoms with Gasteiger partial charge in [-0.25, -0.2) is 4.79 Å². The number of thiol groups is 1. The second kappa shape index (κ2) is 22.8. The largest absolute Gasteiger partial charge is 0.497 e. The Labute approximate surface area is 362 Å². The van der Waals surface area contributed by atoms with E-state index in [2.05, 4.69) is 39.2 Å². The summed E-state index contributed by atoms with van der Waals surface area (Å²) >= 11 is 4.30. The lowest BCUT2D eigenvalue weighted by molar-refractivity contribution is -0.192. The monoisotopic (exact) mass is 884 g/mol. The first-order valence-corrected chi connectivity index (χ1v) is 20.6. The summed E-state index contributed by atoms with van der Waals surface area (Å²) in [5.41, 5.74) is 3.00. The molecular formula is C43H51F3N6O9S. The number of carbonyl (C=O) groups is 7. The number of carbonyl (C=O) groups excluding carboxylic acids is 6. The molecule has 1 saturated heterocycles. The van der Waals surface area contributed by atoms with E-state index in [0.29, 0.717) is 79.8 Å². The molecule has 0 saturated carbocycles. The van der Waals surface area contributed by atoms with Crippen molar-refractivity contribution in [2.45, 2.75) is 70.4 Å². The molecule has 1 heterocycles. The number of nitrogens with zero attached hydrogens (tertiary/aromatic N) is 1. The van der Waals surface area contributed by atoms with E-state index in [1.807, 2.05) is 38.1 Å². The number of amides is 4. The van der Waals surface area contributed by atoms with Crippen molar-refractivity contribution in [3.8, 4) is 5.75 Å². The standard InChI is InChI=1S/C41H50N6O7S.C2HF3O2/c1-25(2)21-32(46-35(48)23-45-39(51)33(24-55)44-22-26-14-16-27(54-3)17-15-26)41(53)47-20-7-13-34(47)40(52)43-19-8-18-42-31-12-6-11-30-36(31)38(50)29-10-5-4-9-28(29)37(30)49;3-2(4,5)1(6)7/h4-6,9-12,14-17,25,32-34,42,44,55H,7-8,13,18-24H2,1-3H3,(H,43,52)(H,45,51)(H,46,48);(H,6,7)/t32-,33-,34-;/m0./s1. The number of nitrogens with one attached hydrogen (secondary N) is 5. The van der Waals surface area contributed by atoms with Crippen LogP contribution >= 0.6 is 12.6 Å². The number of aliphatic carboxylic acids is 1. The molecule has 1 aliphatic carbocycles. The van der Waals surface area contributed by atoms with Crippen LogP contribution in [0.4, 0.5) is 18.9 Å². The maximum atomic E-state index is 13.8. The van der Waals surface area contributed by atoms with Crippen LogP contribution in [0, 0.1) is 5.92 Å². The molecule has 0 radical (unpaired) electrons. The third-order valence-corrected chi connectivity index (χ3v) is 10.3. The predicted octanol–water partition coefficient (Wildman–Crippen LogP) is 3.75. The molecule has 0 spiro atoms. The Morgan fingerprint density at radius 3 is 2.15 bits per heavy atom. The third kappa shape index (κ3) is 13.3. The zero-order valence-electron chi connectivity index (χ0n) is 34.5. The van der Waals surface area contributed by atoms with Crippen molar-refractivity contribution in [3.05, 3.63) is 94.5 Å². The number of ether oxygens (including phenoxy) is 1. The van der Waals surface area contributed by atoms with Gasteiger partial charge in [-0.15, -0.1) is 0 Å². The summed E-state index contributed by atoms with van der Waals surface area (Å²) in [7, 11) is 1.59. The lowest BCUT2D eigenvalue weighted by Crippen LogP contribution is -2.55. The summed E-state index contributed by atoms with van der Waals surface area (Å²) in [6.45, 7) is 5.12. The predicted molar refractivity (Wildman–Crippen MR) is 226 cm³/mol. The van der Waals surface area contributed by atoms with Gasteiger partial charge in [0, 0.05) is 54.3 Å². The van der Waals surface area contributed by atoms with Crippen LogP contribution in [0.5, 0.6) is 5.75 Å². The van der Waals surface area contributed by atoms with Gasteiger partial charge in [0.15, 0.2) is 11.6 Å². The smallest absolute Gasteiger partial charge is 0.490 e. The number of hydrogen-bond donors (Lipinski definition) is 7. The fraction of sp³-hybridized carbons (Fsp3) is 0.419. The molecule has 19 heteroatoms. The van der Waals surface area contributed by atoms with E-state index in [0.717, 1.165) is 11.3 Å². The minimum Gasteiger partial charge on any atom is -0.497 e. The van der Waals surface area contributed by atoms with Crippen LogP contribution in [0.25, 0.3) is 0 Å². The topological polar surface area (TPSA) is 212 Å². The molecule has 0 bridgehead atoms. The molecule has 1 aliphatic heterocycles. The highest BCUT2D eigenvalue weighted by atomic mass is 32.1. The SMILES string of the molecule is COc1ccc(CN[C@@H](CS)C(=O)NCC(=O)N[C@@H](CC(C)C)C(=O)N2CCC[C@H]2C(=O)NCCCNc2cccc3c2C(=O)c2ccccc2C3=O)cc1.O=C(O)C(F)(F)F. The second-order valence-corrected chi connectivity index (χ2v) is 15.3. The summed E-state index contributed by atoms with van der Waals surface area (Å²) < 4.78 is 36.9. The average molecular weight is 885 g/mol. The molecule has 1 fully saturated rings. The maximum absolute atomic E-state index is 13.8. The van der Waals surface area contributed by atoms with Crippen molar-refractivity contribution in [3.63, 3.8) is 0 Å². The maximum Gasteiger partial charge on any atom is 0.490 e. The molecule has 3 aromatic rings. The molecule has 3 atom stereocenters. The number of hydrogen-bond acceptors (Lipinski definition) is 11. The van der Waals surface area contributed by atoms with Gasteiger partial charge in [-0.3, -0.25) is 28.8 Å². The van der Waals surface area contributed by atoms with Crippen molar-refractivity contribution >= 4 is 59.5 Å². The summed E-state index contributed by atoms with van der Waals surface area (Å²) in [6.07, 6.45) is -3.05. The highest BCUT2D eigenvalue weighted by molar-refractivity contribution is 7.80. The van der Waals surface area contributed by atoms with Gasteiger partial charge in [0.2, 0.25) is 23.6 Å². The molecule has 4 amide bonds. The van der Waals surface area contributed by atoms with Crippen LogP contribution in [-0.4, -0.2) is 115 Å². The molecule has 62 heavy (non-hydrogen) atoms. The zero-order chi connectivity index (χ0) is 45.6. The number of ketones is 2. The van der Waals surface area contributed by atoms with E-state index in [1.165, 1.54) is 4.90 Å². The van der Waals surface area contributed by atoms with Crippen LogP contribution in [-0.2, 0) is 30.5 Å². The number of methoxy groups -OCH3 is 1. The number of alkyl halides is 3. The molecule has 0 unspecified atom stereocenters. The molecule has 15 nitrogen and oxygen atoms in total.